The summed E-state index contributed by atoms with van der Waals surface area (Å²) in [7, 11) is 0. The minimum Gasteiger partial charge on any atom is -0.502 e. The van der Waals surface area contributed by atoms with E-state index in [-0.39, 0.29) is 29.1 Å². The van der Waals surface area contributed by atoms with Crippen molar-refractivity contribution in [3.8, 4) is 16.3 Å². The molecular weight excluding hydrogens is 497 g/mol. The SMILES string of the molecule is CCN1CN(C(C)C(F)(F)F)C(=O)c2c(O)c(=O)c(-c3nnc(Cc4ccc(F)cc4F)s3)cn21. The molecule has 14 heteroatoms. The number of halogens is 5. The van der Waals surface area contributed by atoms with Gasteiger partial charge in [-0.2, -0.15) is 13.2 Å². The van der Waals surface area contributed by atoms with Crippen LogP contribution in [0.15, 0.2) is 29.2 Å². The number of hydrogen-bond donors (Lipinski definition) is 1. The molecule has 1 aliphatic rings. The summed E-state index contributed by atoms with van der Waals surface area (Å²) >= 11 is 0.916. The van der Waals surface area contributed by atoms with Crippen molar-refractivity contribution < 1.29 is 31.9 Å². The molecule has 0 radical (unpaired) electrons. The van der Waals surface area contributed by atoms with Gasteiger partial charge in [0.25, 0.3) is 5.91 Å². The van der Waals surface area contributed by atoms with E-state index in [1.807, 2.05) is 0 Å². The smallest absolute Gasteiger partial charge is 0.408 e. The highest BCUT2D eigenvalue weighted by molar-refractivity contribution is 7.14. The Morgan fingerprint density at radius 1 is 1.20 bits per heavy atom. The van der Waals surface area contributed by atoms with Crippen molar-refractivity contribution in [1.82, 2.24) is 19.8 Å². The minimum absolute atomic E-state index is 0.0358. The molecule has 1 atom stereocenters. The fraction of sp³-hybridized carbons (Fsp3) is 0.333. The number of aromatic nitrogens is 3. The normalized spacial score (nSPS) is 14.9. The van der Waals surface area contributed by atoms with E-state index in [0.29, 0.717) is 9.91 Å². The Morgan fingerprint density at radius 2 is 1.91 bits per heavy atom. The van der Waals surface area contributed by atoms with Gasteiger partial charge in [0.1, 0.15) is 29.4 Å². The van der Waals surface area contributed by atoms with Crippen LogP contribution < -0.4 is 10.4 Å². The first-order valence-electron chi connectivity index (χ1n) is 10.3. The van der Waals surface area contributed by atoms with Gasteiger partial charge < -0.3 is 10.0 Å². The van der Waals surface area contributed by atoms with E-state index in [1.54, 1.807) is 6.92 Å². The third-order valence-corrected chi connectivity index (χ3v) is 6.57. The number of carbonyl (C=O) groups is 1. The van der Waals surface area contributed by atoms with Crippen molar-refractivity contribution in [3.63, 3.8) is 0 Å². The standard InChI is InChI=1S/C21H18F5N5O3S/c1-3-29-9-30(10(2)21(24,25)26)20(34)16-18(33)17(32)13(8-31(16)29)19-28-27-15(35-19)6-11-4-5-12(22)7-14(11)23/h4-5,7-8,10,33H,3,6,9H2,1-2H3. The van der Waals surface area contributed by atoms with Crippen LogP contribution in [0.5, 0.6) is 5.75 Å². The molecule has 1 aliphatic heterocycles. The zero-order valence-corrected chi connectivity index (χ0v) is 19.1. The number of aromatic hydroxyl groups is 1. The molecule has 0 saturated heterocycles. The van der Waals surface area contributed by atoms with E-state index >= 15 is 0 Å². The summed E-state index contributed by atoms with van der Waals surface area (Å²) in [6.07, 6.45) is -3.54. The predicted molar refractivity (Wildman–Crippen MR) is 116 cm³/mol. The Kier molecular flexibility index (Phi) is 6.25. The molecule has 186 valence electrons. The lowest BCUT2D eigenvalue weighted by Crippen LogP contribution is -2.59. The monoisotopic (exact) mass is 515 g/mol. The number of hydrogen-bond acceptors (Lipinski definition) is 7. The van der Waals surface area contributed by atoms with Crippen LogP contribution in [0.25, 0.3) is 10.6 Å². The topological polar surface area (TPSA) is 91.6 Å². The molecule has 4 rings (SSSR count). The van der Waals surface area contributed by atoms with E-state index in [0.717, 1.165) is 35.1 Å². The van der Waals surface area contributed by atoms with Crippen LogP contribution in [0, 0.1) is 11.6 Å². The third kappa shape index (κ3) is 4.45. The quantitative estimate of drug-likeness (QED) is 0.525. The van der Waals surface area contributed by atoms with Gasteiger partial charge in [0.15, 0.2) is 16.5 Å². The van der Waals surface area contributed by atoms with Gasteiger partial charge in [-0.3, -0.25) is 19.3 Å². The first-order chi connectivity index (χ1) is 16.4. The lowest BCUT2D eigenvalue weighted by Gasteiger charge is -2.42. The van der Waals surface area contributed by atoms with Crippen LogP contribution in [-0.4, -0.2) is 56.2 Å². The van der Waals surface area contributed by atoms with Crippen LogP contribution in [0.2, 0.25) is 0 Å². The van der Waals surface area contributed by atoms with E-state index in [9.17, 15) is 36.6 Å². The van der Waals surface area contributed by atoms with Crippen molar-refractivity contribution in [2.75, 3.05) is 18.2 Å². The van der Waals surface area contributed by atoms with Crippen LogP contribution in [-0.2, 0) is 6.42 Å². The first kappa shape index (κ1) is 24.6. The molecule has 0 saturated carbocycles. The molecule has 1 unspecified atom stereocenters. The maximum atomic E-state index is 14.0. The van der Waals surface area contributed by atoms with Crippen molar-refractivity contribution in [2.45, 2.75) is 32.5 Å². The Hall–Kier alpha value is -3.55. The molecule has 2 aromatic heterocycles. The summed E-state index contributed by atoms with van der Waals surface area (Å²) in [5.74, 6) is -3.68. The lowest BCUT2D eigenvalue weighted by molar-refractivity contribution is -0.173. The summed E-state index contributed by atoms with van der Waals surface area (Å²) in [5, 5.41) is 20.1. The summed E-state index contributed by atoms with van der Waals surface area (Å²) in [5.41, 5.74) is -1.60. The number of pyridine rings is 1. The lowest BCUT2D eigenvalue weighted by atomic mass is 10.1. The van der Waals surface area contributed by atoms with Crippen molar-refractivity contribution in [1.29, 1.82) is 0 Å². The van der Waals surface area contributed by atoms with Gasteiger partial charge in [-0.15, -0.1) is 10.2 Å². The number of fused-ring (bicyclic) bond motifs is 1. The first-order valence-corrected chi connectivity index (χ1v) is 11.1. The minimum atomic E-state index is -4.71. The summed E-state index contributed by atoms with van der Waals surface area (Å²) in [6, 6.07) is 0.923. The zero-order valence-electron chi connectivity index (χ0n) is 18.3. The molecular formula is C21H18F5N5O3S. The Labute approximate surface area is 198 Å². The van der Waals surface area contributed by atoms with Gasteiger partial charge in [0.05, 0.1) is 5.56 Å². The fourth-order valence-corrected chi connectivity index (χ4v) is 4.47. The molecule has 0 fully saturated rings. The van der Waals surface area contributed by atoms with Crippen LogP contribution in [0.3, 0.4) is 0 Å². The average Bonchev–Trinajstić information content (AvgIpc) is 3.25. The maximum absolute atomic E-state index is 14.0. The molecule has 8 nitrogen and oxygen atoms in total. The average molecular weight is 515 g/mol. The van der Waals surface area contributed by atoms with Crippen LogP contribution in [0.4, 0.5) is 22.0 Å². The van der Waals surface area contributed by atoms with E-state index in [2.05, 4.69) is 10.2 Å². The van der Waals surface area contributed by atoms with Gasteiger partial charge in [0, 0.05) is 25.2 Å². The second-order valence-corrected chi connectivity index (χ2v) is 8.85. The van der Waals surface area contributed by atoms with Gasteiger partial charge >= 0.3 is 6.18 Å². The molecule has 1 aromatic carbocycles. The van der Waals surface area contributed by atoms with Crippen LogP contribution >= 0.6 is 11.3 Å². The van der Waals surface area contributed by atoms with Gasteiger partial charge in [-0.25, -0.2) is 8.78 Å². The second-order valence-electron chi connectivity index (χ2n) is 7.78. The molecule has 0 bridgehead atoms. The number of benzene rings is 1. The number of carbonyl (C=O) groups excluding carboxylic acids is 1. The summed E-state index contributed by atoms with van der Waals surface area (Å²) in [4.78, 5) is 26.2. The maximum Gasteiger partial charge on any atom is 0.408 e. The third-order valence-electron chi connectivity index (χ3n) is 5.61. The zero-order chi connectivity index (χ0) is 25.7. The molecule has 0 aliphatic carbocycles. The van der Waals surface area contributed by atoms with Gasteiger partial charge in [-0.1, -0.05) is 17.4 Å². The highest BCUT2D eigenvalue weighted by atomic mass is 32.1. The predicted octanol–water partition coefficient (Wildman–Crippen LogP) is 3.26. The Balaban J connectivity index is 1.73. The molecule has 35 heavy (non-hydrogen) atoms. The highest BCUT2D eigenvalue weighted by Crippen LogP contribution is 2.32. The highest BCUT2D eigenvalue weighted by Gasteiger charge is 2.46. The molecule has 1 N–H and O–H groups in total. The largest absolute Gasteiger partial charge is 0.502 e. The molecule has 3 aromatic rings. The Morgan fingerprint density at radius 3 is 2.54 bits per heavy atom. The fourth-order valence-electron chi connectivity index (χ4n) is 3.60. The van der Waals surface area contributed by atoms with E-state index in [1.165, 1.54) is 17.3 Å². The van der Waals surface area contributed by atoms with Crippen LogP contribution in [0.1, 0.15) is 34.9 Å². The second kappa shape index (κ2) is 8.91. The number of nitrogens with zero attached hydrogens (tertiary/aromatic N) is 5. The van der Waals surface area contributed by atoms with Crippen molar-refractivity contribution in [2.24, 2.45) is 0 Å². The molecule has 1 amide bonds. The van der Waals surface area contributed by atoms with Crippen molar-refractivity contribution in [3.05, 3.63) is 62.5 Å². The molecule has 0 spiro atoms. The number of alkyl halides is 3. The van der Waals surface area contributed by atoms with E-state index in [4.69, 9.17) is 0 Å². The Bertz CT molecular complexity index is 1360. The summed E-state index contributed by atoms with van der Waals surface area (Å²) < 4.78 is 68.1. The molecule has 3 heterocycles. The van der Waals surface area contributed by atoms with Gasteiger partial charge in [0.2, 0.25) is 5.43 Å². The van der Waals surface area contributed by atoms with Gasteiger partial charge in [-0.05, 0) is 25.5 Å². The van der Waals surface area contributed by atoms with Crippen molar-refractivity contribution >= 4 is 17.2 Å². The van der Waals surface area contributed by atoms with E-state index < -0.39 is 53.3 Å². The summed E-state index contributed by atoms with van der Waals surface area (Å²) in [6.45, 7) is 2.16. The number of rotatable bonds is 5. The number of amides is 1.